The van der Waals surface area contributed by atoms with E-state index in [-0.39, 0.29) is 19.4 Å². The van der Waals surface area contributed by atoms with Crippen LogP contribution >= 0.6 is 0 Å². The van der Waals surface area contributed by atoms with E-state index in [1.165, 1.54) is 25.1 Å². The number of amides is 1. The van der Waals surface area contributed by atoms with Gasteiger partial charge in [0.15, 0.2) is 0 Å². The van der Waals surface area contributed by atoms with Crippen molar-refractivity contribution < 1.29 is 28.6 Å². The molecule has 6 nitrogen and oxygen atoms in total. The van der Waals surface area contributed by atoms with E-state index in [0.717, 1.165) is 0 Å². The molecule has 0 aromatic heterocycles. The van der Waals surface area contributed by atoms with E-state index in [4.69, 9.17) is 9.84 Å². The summed E-state index contributed by atoms with van der Waals surface area (Å²) in [5, 5.41) is 11.5. The maximum absolute atomic E-state index is 13.1. The van der Waals surface area contributed by atoms with Gasteiger partial charge in [-0.3, -0.25) is 9.59 Å². The summed E-state index contributed by atoms with van der Waals surface area (Å²) in [6, 6.07) is 4.28. The van der Waals surface area contributed by atoms with Crippen molar-refractivity contribution in [2.75, 3.05) is 6.61 Å². The molecule has 0 spiro atoms. The monoisotopic (exact) mass is 325 g/mol. The number of hydrogen-bond donors (Lipinski definition) is 2. The topological polar surface area (TPSA) is 92.7 Å². The van der Waals surface area contributed by atoms with E-state index in [1.54, 1.807) is 13.0 Å². The quantitative estimate of drug-likeness (QED) is 0.707. The Hall–Kier alpha value is -2.44. The van der Waals surface area contributed by atoms with E-state index in [0.29, 0.717) is 5.56 Å². The highest BCUT2D eigenvalue weighted by atomic mass is 19.1. The predicted octanol–water partition coefficient (Wildman–Crippen LogP) is 1.53. The molecule has 0 bridgehead atoms. The summed E-state index contributed by atoms with van der Waals surface area (Å²) in [4.78, 5) is 34.7. The number of carbonyl (C=O) groups is 3. The third-order valence-electron chi connectivity index (χ3n) is 3.17. The number of carbonyl (C=O) groups excluding carboxylic acids is 2. The van der Waals surface area contributed by atoms with Gasteiger partial charge in [-0.2, -0.15) is 0 Å². The molecule has 1 aromatic rings. The predicted molar refractivity (Wildman–Crippen MR) is 80.1 cm³/mol. The molecule has 1 amide bonds. The molecule has 2 atom stereocenters. The second-order valence-corrected chi connectivity index (χ2v) is 5.15. The van der Waals surface area contributed by atoms with Gasteiger partial charge in [-0.1, -0.05) is 19.1 Å². The standard InChI is InChI=1S/C16H20FNO5/c1-3-23-16(22)10(2)7-13(15(20)21)18-14(19)9-11-5-4-6-12(17)8-11/h4-6,8,10,13H,3,7,9H2,1-2H3,(H,18,19)(H,20,21)/t10-,13+/m1/s1. The summed E-state index contributed by atoms with van der Waals surface area (Å²) in [6.07, 6.45) is -0.224. The number of carboxylic acid groups (broad SMARTS) is 1. The molecule has 0 saturated carbocycles. The van der Waals surface area contributed by atoms with E-state index >= 15 is 0 Å². The Kier molecular flexibility index (Phi) is 7.18. The minimum Gasteiger partial charge on any atom is -0.480 e. The van der Waals surface area contributed by atoms with Gasteiger partial charge in [0, 0.05) is 0 Å². The highest BCUT2D eigenvalue weighted by Crippen LogP contribution is 2.10. The molecule has 0 radical (unpaired) electrons. The zero-order chi connectivity index (χ0) is 17.4. The lowest BCUT2D eigenvalue weighted by molar-refractivity contribution is -0.149. The zero-order valence-electron chi connectivity index (χ0n) is 13.0. The van der Waals surface area contributed by atoms with Gasteiger partial charge in [0.1, 0.15) is 11.9 Å². The van der Waals surface area contributed by atoms with Gasteiger partial charge in [-0.05, 0) is 31.0 Å². The Bertz CT molecular complexity index is 575. The summed E-state index contributed by atoms with van der Waals surface area (Å²) in [7, 11) is 0. The minimum absolute atomic E-state index is 0.0803. The lowest BCUT2D eigenvalue weighted by atomic mass is 10.0. The Labute approximate surface area is 133 Å². The molecule has 0 heterocycles. The smallest absolute Gasteiger partial charge is 0.326 e. The molecular weight excluding hydrogens is 305 g/mol. The van der Waals surface area contributed by atoms with Crippen LogP contribution in [-0.2, 0) is 25.5 Å². The molecular formula is C16H20FNO5. The fourth-order valence-corrected chi connectivity index (χ4v) is 2.03. The first-order chi connectivity index (χ1) is 10.8. The van der Waals surface area contributed by atoms with Crippen molar-refractivity contribution in [3.63, 3.8) is 0 Å². The summed E-state index contributed by atoms with van der Waals surface area (Å²) in [5.74, 6) is -3.45. The van der Waals surface area contributed by atoms with Crippen LogP contribution in [0.2, 0.25) is 0 Å². The third-order valence-corrected chi connectivity index (χ3v) is 3.17. The van der Waals surface area contributed by atoms with Crippen molar-refractivity contribution >= 4 is 17.8 Å². The fourth-order valence-electron chi connectivity index (χ4n) is 2.03. The van der Waals surface area contributed by atoms with Crippen LogP contribution in [0.4, 0.5) is 4.39 Å². The van der Waals surface area contributed by atoms with Crippen LogP contribution in [0, 0.1) is 11.7 Å². The van der Waals surface area contributed by atoms with Crippen LogP contribution in [0.5, 0.6) is 0 Å². The molecule has 23 heavy (non-hydrogen) atoms. The average molecular weight is 325 g/mol. The Morgan fingerprint density at radius 3 is 2.61 bits per heavy atom. The number of rotatable bonds is 8. The number of nitrogens with one attached hydrogen (secondary N) is 1. The van der Waals surface area contributed by atoms with E-state index < -0.39 is 35.6 Å². The molecule has 0 fully saturated rings. The lowest BCUT2D eigenvalue weighted by Gasteiger charge is -2.18. The average Bonchev–Trinajstić information content (AvgIpc) is 2.46. The first-order valence-corrected chi connectivity index (χ1v) is 7.26. The van der Waals surface area contributed by atoms with Crippen LogP contribution in [-0.4, -0.2) is 35.6 Å². The van der Waals surface area contributed by atoms with Gasteiger partial charge < -0.3 is 15.2 Å². The van der Waals surface area contributed by atoms with Crippen LogP contribution in [0.25, 0.3) is 0 Å². The third kappa shape index (κ3) is 6.46. The molecule has 0 saturated heterocycles. The Balaban J connectivity index is 2.63. The maximum Gasteiger partial charge on any atom is 0.326 e. The molecule has 0 aliphatic carbocycles. The maximum atomic E-state index is 13.1. The van der Waals surface area contributed by atoms with Crippen LogP contribution in [0.3, 0.4) is 0 Å². The molecule has 126 valence electrons. The molecule has 7 heteroatoms. The van der Waals surface area contributed by atoms with Gasteiger partial charge in [-0.15, -0.1) is 0 Å². The minimum atomic E-state index is -1.24. The number of hydrogen-bond acceptors (Lipinski definition) is 4. The zero-order valence-corrected chi connectivity index (χ0v) is 13.0. The van der Waals surface area contributed by atoms with Crippen molar-refractivity contribution in [1.29, 1.82) is 0 Å². The first-order valence-electron chi connectivity index (χ1n) is 7.26. The van der Waals surface area contributed by atoms with Crippen molar-refractivity contribution in [1.82, 2.24) is 5.32 Å². The fraction of sp³-hybridized carbons (Fsp3) is 0.438. The number of ether oxygens (including phenoxy) is 1. The second kappa shape index (κ2) is 8.87. The summed E-state index contributed by atoms with van der Waals surface area (Å²) in [5.41, 5.74) is 0.435. The van der Waals surface area contributed by atoms with E-state index in [1.807, 2.05) is 0 Å². The molecule has 1 aromatic carbocycles. The number of carboxylic acids is 1. The van der Waals surface area contributed by atoms with E-state index in [2.05, 4.69) is 5.32 Å². The SMILES string of the molecule is CCOC(=O)[C@H](C)C[C@H](NC(=O)Cc1cccc(F)c1)C(=O)O. The Morgan fingerprint density at radius 2 is 2.04 bits per heavy atom. The molecule has 0 aliphatic rings. The molecule has 0 aliphatic heterocycles. The normalized spacial score (nSPS) is 13.0. The van der Waals surface area contributed by atoms with Gasteiger partial charge in [-0.25, -0.2) is 9.18 Å². The summed E-state index contributed by atoms with van der Waals surface area (Å²) >= 11 is 0. The van der Waals surface area contributed by atoms with Crippen molar-refractivity contribution in [2.24, 2.45) is 5.92 Å². The van der Waals surface area contributed by atoms with Crippen LogP contribution in [0.1, 0.15) is 25.8 Å². The summed E-state index contributed by atoms with van der Waals surface area (Å²) in [6.45, 7) is 3.39. The number of esters is 1. The highest BCUT2D eigenvalue weighted by Gasteiger charge is 2.26. The van der Waals surface area contributed by atoms with Gasteiger partial charge in [0.25, 0.3) is 0 Å². The second-order valence-electron chi connectivity index (χ2n) is 5.15. The Morgan fingerprint density at radius 1 is 1.35 bits per heavy atom. The highest BCUT2D eigenvalue weighted by molar-refractivity contribution is 5.85. The van der Waals surface area contributed by atoms with Crippen molar-refractivity contribution in [2.45, 2.75) is 32.7 Å². The van der Waals surface area contributed by atoms with Crippen molar-refractivity contribution in [3.05, 3.63) is 35.6 Å². The number of benzene rings is 1. The first kappa shape index (κ1) is 18.6. The molecule has 2 N–H and O–H groups in total. The number of halogens is 1. The number of aliphatic carboxylic acids is 1. The summed E-state index contributed by atoms with van der Waals surface area (Å²) < 4.78 is 17.9. The van der Waals surface area contributed by atoms with Crippen molar-refractivity contribution in [3.8, 4) is 0 Å². The van der Waals surface area contributed by atoms with Gasteiger partial charge >= 0.3 is 11.9 Å². The lowest BCUT2D eigenvalue weighted by Crippen LogP contribution is -2.43. The molecule has 1 rings (SSSR count). The van der Waals surface area contributed by atoms with Crippen LogP contribution < -0.4 is 5.32 Å². The molecule has 0 unspecified atom stereocenters. The van der Waals surface area contributed by atoms with Crippen LogP contribution in [0.15, 0.2) is 24.3 Å². The van der Waals surface area contributed by atoms with Gasteiger partial charge in [0.2, 0.25) is 5.91 Å². The van der Waals surface area contributed by atoms with Gasteiger partial charge in [0.05, 0.1) is 18.9 Å². The van der Waals surface area contributed by atoms with E-state index in [9.17, 15) is 18.8 Å². The largest absolute Gasteiger partial charge is 0.480 e.